The van der Waals surface area contributed by atoms with E-state index in [9.17, 15) is 5.11 Å². The van der Waals surface area contributed by atoms with E-state index in [0.717, 1.165) is 24.8 Å². The fraction of sp³-hybridized carbons (Fsp3) is 0.789. The molecular formula is C19H33BO3. The molecule has 2 atom stereocenters. The van der Waals surface area contributed by atoms with Crippen LogP contribution in [0.3, 0.4) is 0 Å². The van der Waals surface area contributed by atoms with Gasteiger partial charge in [-0.3, -0.25) is 0 Å². The molecule has 0 aromatic rings. The Morgan fingerprint density at radius 3 is 2.13 bits per heavy atom. The van der Waals surface area contributed by atoms with Crippen molar-refractivity contribution in [2.45, 2.75) is 91.4 Å². The number of aliphatic hydroxyl groups is 1. The number of aliphatic hydroxyl groups excluding tert-OH is 1. The number of rotatable bonds is 6. The summed E-state index contributed by atoms with van der Waals surface area (Å²) in [4.78, 5) is 0. The SMILES string of the molecule is C=C(C)C1=C(CCCC)[C@@H](O)[C@]1(C)CB1OC(C)(C)C(C)(C)O1. The maximum atomic E-state index is 10.8. The summed E-state index contributed by atoms with van der Waals surface area (Å²) in [5.74, 6) is 0. The highest BCUT2D eigenvalue weighted by Gasteiger charge is 2.57. The minimum atomic E-state index is -0.417. The van der Waals surface area contributed by atoms with Crippen LogP contribution in [0.1, 0.15) is 67.7 Å². The lowest BCUT2D eigenvalue weighted by Gasteiger charge is -2.49. The Balaban J connectivity index is 2.19. The molecule has 0 radical (unpaired) electrons. The molecule has 130 valence electrons. The predicted molar refractivity (Wildman–Crippen MR) is 96.4 cm³/mol. The average Bonchev–Trinajstić information content (AvgIpc) is 2.60. The molecular weight excluding hydrogens is 287 g/mol. The summed E-state index contributed by atoms with van der Waals surface area (Å²) in [5, 5.41) is 10.8. The molecule has 2 aliphatic rings. The largest absolute Gasteiger partial charge is 0.458 e. The monoisotopic (exact) mass is 320 g/mol. The van der Waals surface area contributed by atoms with Crippen LogP contribution in [0.25, 0.3) is 0 Å². The molecule has 2 rings (SSSR count). The third-order valence-corrected chi connectivity index (χ3v) is 5.95. The van der Waals surface area contributed by atoms with Crippen molar-refractivity contribution in [3.63, 3.8) is 0 Å². The van der Waals surface area contributed by atoms with Gasteiger partial charge >= 0.3 is 7.12 Å². The minimum absolute atomic E-state index is 0.290. The third-order valence-electron chi connectivity index (χ3n) is 5.95. The van der Waals surface area contributed by atoms with E-state index in [1.54, 1.807) is 0 Å². The van der Waals surface area contributed by atoms with Gasteiger partial charge < -0.3 is 14.4 Å². The molecule has 1 heterocycles. The quantitative estimate of drug-likeness (QED) is 0.731. The maximum absolute atomic E-state index is 10.8. The van der Waals surface area contributed by atoms with Crippen LogP contribution < -0.4 is 0 Å². The fourth-order valence-corrected chi connectivity index (χ4v) is 3.95. The Morgan fingerprint density at radius 2 is 1.70 bits per heavy atom. The van der Waals surface area contributed by atoms with Crippen LogP contribution in [0.5, 0.6) is 0 Å². The Hall–Kier alpha value is -0.575. The van der Waals surface area contributed by atoms with Crippen LogP contribution in [0.2, 0.25) is 6.32 Å². The first-order valence-corrected chi connectivity index (χ1v) is 8.89. The summed E-state index contributed by atoms with van der Waals surface area (Å²) in [6.07, 6.45) is 3.45. The van der Waals surface area contributed by atoms with Crippen molar-refractivity contribution >= 4 is 7.12 Å². The summed E-state index contributed by atoms with van der Waals surface area (Å²) < 4.78 is 12.3. The standard InChI is InChI=1S/C19H33BO3/c1-9-10-11-14-15(13(2)3)19(8,16(14)21)12-20-22-17(4,5)18(6,7)23-20/h16,21H,2,9-12H2,1,3-8H3/t16-,19-/m1/s1. The van der Waals surface area contributed by atoms with Crippen molar-refractivity contribution in [2.75, 3.05) is 0 Å². The fourth-order valence-electron chi connectivity index (χ4n) is 3.95. The molecule has 0 unspecified atom stereocenters. The summed E-state index contributed by atoms with van der Waals surface area (Å²) in [6, 6.07) is 0. The molecule has 23 heavy (non-hydrogen) atoms. The normalized spacial score (nSPS) is 32.2. The first kappa shape index (κ1) is 18.8. The second-order valence-electron chi connectivity index (χ2n) is 8.49. The zero-order valence-corrected chi connectivity index (χ0v) is 16.0. The van der Waals surface area contributed by atoms with Crippen molar-refractivity contribution in [3.05, 3.63) is 23.3 Å². The topological polar surface area (TPSA) is 38.7 Å². The van der Waals surface area contributed by atoms with E-state index in [0.29, 0.717) is 6.32 Å². The zero-order chi connectivity index (χ0) is 17.6. The molecule has 1 N–H and O–H groups in total. The van der Waals surface area contributed by atoms with Gasteiger partial charge in [0, 0.05) is 5.41 Å². The molecule has 4 heteroatoms. The van der Waals surface area contributed by atoms with Gasteiger partial charge in [0.05, 0.1) is 17.3 Å². The van der Waals surface area contributed by atoms with Gasteiger partial charge in [-0.15, -0.1) is 0 Å². The van der Waals surface area contributed by atoms with Crippen molar-refractivity contribution in [1.82, 2.24) is 0 Å². The summed E-state index contributed by atoms with van der Waals surface area (Å²) in [5.41, 5.74) is 2.46. The predicted octanol–water partition coefficient (Wildman–Crippen LogP) is 4.52. The Labute approximate surface area is 142 Å². The molecule has 1 saturated heterocycles. The maximum Gasteiger partial charge on any atom is 0.458 e. The van der Waals surface area contributed by atoms with Gasteiger partial charge in [-0.2, -0.15) is 0 Å². The first-order valence-electron chi connectivity index (χ1n) is 8.89. The van der Waals surface area contributed by atoms with Crippen molar-refractivity contribution in [2.24, 2.45) is 5.41 Å². The van der Waals surface area contributed by atoms with Crippen LogP contribution in [0, 0.1) is 5.41 Å². The number of hydrogen-bond acceptors (Lipinski definition) is 3. The van der Waals surface area contributed by atoms with Gasteiger partial charge in [0.1, 0.15) is 0 Å². The third kappa shape index (κ3) is 3.06. The summed E-state index contributed by atoms with van der Waals surface area (Å²) >= 11 is 0. The van der Waals surface area contributed by atoms with Crippen molar-refractivity contribution in [3.8, 4) is 0 Å². The number of allylic oxidation sites excluding steroid dienone is 1. The van der Waals surface area contributed by atoms with Crippen molar-refractivity contribution in [1.29, 1.82) is 0 Å². The van der Waals surface area contributed by atoms with E-state index in [4.69, 9.17) is 9.31 Å². The highest BCUT2D eigenvalue weighted by Crippen LogP contribution is 2.55. The van der Waals surface area contributed by atoms with Crippen LogP contribution in [-0.4, -0.2) is 29.5 Å². The average molecular weight is 320 g/mol. The van der Waals surface area contributed by atoms with E-state index in [1.807, 2.05) is 6.92 Å². The Bertz CT molecular complexity index is 505. The van der Waals surface area contributed by atoms with Gasteiger partial charge in [0.2, 0.25) is 0 Å². The lowest BCUT2D eigenvalue weighted by molar-refractivity contribution is 0.00578. The lowest BCUT2D eigenvalue weighted by Crippen LogP contribution is -2.49. The van der Waals surface area contributed by atoms with Gasteiger partial charge in [0.25, 0.3) is 0 Å². The molecule has 0 aromatic carbocycles. The summed E-state index contributed by atoms with van der Waals surface area (Å²) in [6.45, 7) is 18.7. The second-order valence-corrected chi connectivity index (χ2v) is 8.49. The minimum Gasteiger partial charge on any atom is -0.403 e. The smallest absolute Gasteiger partial charge is 0.403 e. The van der Waals surface area contributed by atoms with Gasteiger partial charge in [-0.25, -0.2) is 0 Å². The molecule has 0 aromatic heterocycles. The van der Waals surface area contributed by atoms with Crippen LogP contribution in [0.4, 0.5) is 0 Å². The number of hydrogen-bond donors (Lipinski definition) is 1. The molecule has 0 saturated carbocycles. The van der Waals surface area contributed by atoms with Crippen LogP contribution in [0.15, 0.2) is 23.3 Å². The van der Waals surface area contributed by atoms with Crippen LogP contribution in [-0.2, 0) is 9.31 Å². The van der Waals surface area contributed by atoms with E-state index in [1.165, 1.54) is 11.1 Å². The molecule has 0 bridgehead atoms. The first-order chi connectivity index (χ1) is 10.5. The zero-order valence-electron chi connectivity index (χ0n) is 16.0. The summed E-state index contributed by atoms with van der Waals surface area (Å²) in [7, 11) is -0.290. The van der Waals surface area contributed by atoms with Gasteiger partial charge in [-0.05, 0) is 64.9 Å². The van der Waals surface area contributed by atoms with Gasteiger partial charge in [-0.1, -0.05) is 32.4 Å². The molecule has 0 spiro atoms. The van der Waals surface area contributed by atoms with Gasteiger partial charge in [0.15, 0.2) is 0 Å². The van der Waals surface area contributed by atoms with E-state index in [2.05, 4.69) is 48.1 Å². The molecule has 3 nitrogen and oxygen atoms in total. The highest BCUT2D eigenvalue weighted by atomic mass is 16.7. The number of unbranched alkanes of at least 4 members (excludes halogenated alkanes) is 1. The molecule has 0 amide bonds. The molecule has 1 aliphatic heterocycles. The molecule has 1 fully saturated rings. The Kier molecular flexibility index (Phi) is 4.94. The second kappa shape index (κ2) is 6.05. The lowest BCUT2D eigenvalue weighted by atomic mass is 9.52. The van der Waals surface area contributed by atoms with E-state index < -0.39 is 6.10 Å². The van der Waals surface area contributed by atoms with E-state index >= 15 is 0 Å². The van der Waals surface area contributed by atoms with E-state index in [-0.39, 0.29) is 23.7 Å². The van der Waals surface area contributed by atoms with Crippen LogP contribution >= 0.6 is 0 Å². The Morgan fingerprint density at radius 1 is 1.17 bits per heavy atom. The van der Waals surface area contributed by atoms with Crippen molar-refractivity contribution < 1.29 is 14.4 Å². The highest BCUT2D eigenvalue weighted by molar-refractivity contribution is 6.46. The molecule has 1 aliphatic carbocycles.